The van der Waals surface area contributed by atoms with Gasteiger partial charge in [-0.2, -0.15) is 0 Å². The molecule has 1 aromatic carbocycles. The van der Waals surface area contributed by atoms with E-state index in [0.29, 0.717) is 26.1 Å². The minimum Gasteiger partial charge on any atom is -0.497 e. The van der Waals surface area contributed by atoms with Crippen LogP contribution in [-0.4, -0.2) is 53.6 Å². The molecule has 1 saturated heterocycles. The van der Waals surface area contributed by atoms with Crippen molar-refractivity contribution < 1.29 is 19.1 Å². The first-order chi connectivity index (χ1) is 12.3. The normalized spacial score (nSPS) is 19.9. The number of hydrogen-bond donors (Lipinski definition) is 0. The third-order valence-electron chi connectivity index (χ3n) is 4.90. The smallest absolute Gasteiger partial charge is 0.410 e. The van der Waals surface area contributed by atoms with Crippen LogP contribution in [0.2, 0.25) is 0 Å². The highest BCUT2D eigenvalue weighted by Gasteiger charge is 2.39. The van der Waals surface area contributed by atoms with Crippen molar-refractivity contribution >= 4 is 12.0 Å². The van der Waals surface area contributed by atoms with Crippen LogP contribution in [0.1, 0.15) is 44.7 Å². The van der Waals surface area contributed by atoms with Crippen molar-refractivity contribution in [1.29, 1.82) is 0 Å². The number of likely N-dealkylation sites (tertiary alicyclic amines) is 1. The molecule has 2 aliphatic heterocycles. The van der Waals surface area contributed by atoms with Gasteiger partial charge in [0.25, 0.3) is 0 Å². The number of hydrogen-bond acceptors (Lipinski definition) is 4. The number of fused-ring (bicyclic) bond motifs is 1. The number of rotatable bonds is 2. The molecule has 1 atom stereocenters. The van der Waals surface area contributed by atoms with Crippen LogP contribution < -0.4 is 4.74 Å². The summed E-state index contributed by atoms with van der Waals surface area (Å²) in [5.41, 5.74) is 1.81. The Bertz CT molecular complexity index is 696. The Morgan fingerprint density at radius 2 is 1.92 bits per heavy atom. The number of amides is 2. The highest BCUT2D eigenvalue weighted by atomic mass is 16.6. The van der Waals surface area contributed by atoms with Crippen molar-refractivity contribution in [2.75, 3.05) is 20.2 Å². The molecule has 0 aromatic heterocycles. The van der Waals surface area contributed by atoms with Gasteiger partial charge in [-0.05, 0) is 63.3 Å². The molecular formula is C20H28N2O4. The Balaban J connectivity index is 1.71. The second kappa shape index (κ2) is 7.17. The highest BCUT2D eigenvalue weighted by Crippen LogP contribution is 2.27. The van der Waals surface area contributed by atoms with Gasteiger partial charge in [0, 0.05) is 19.6 Å². The average molecular weight is 360 g/mol. The quantitative estimate of drug-likeness (QED) is 0.814. The fraction of sp³-hybridized carbons (Fsp3) is 0.600. The van der Waals surface area contributed by atoms with Crippen molar-refractivity contribution in [3.05, 3.63) is 29.3 Å². The van der Waals surface area contributed by atoms with Gasteiger partial charge in [-0.3, -0.25) is 9.69 Å². The summed E-state index contributed by atoms with van der Waals surface area (Å²) in [6.45, 7) is 7.33. The maximum absolute atomic E-state index is 13.1. The molecule has 2 aliphatic rings. The lowest BCUT2D eigenvalue weighted by atomic mass is 9.98. The highest BCUT2D eigenvalue weighted by molar-refractivity contribution is 5.86. The van der Waals surface area contributed by atoms with Crippen molar-refractivity contribution in [2.24, 2.45) is 0 Å². The second-order valence-electron chi connectivity index (χ2n) is 7.98. The predicted octanol–water partition coefficient (Wildman–Crippen LogP) is 2.98. The summed E-state index contributed by atoms with van der Waals surface area (Å²) >= 11 is 0. The Labute approximate surface area is 155 Å². The maximum Gasteiger partial charge on any atom is 0.410 e. The van der Waals surface area contributed by atoms with Crippen LogP contribution in [0.25, 0.3) is 0 Å². The van der Waals surface area contributed by atoms with E-state index in [-0.39, 0.29) is 5.91 Å². The van der Waals surface area contributed by atoms with Crippen molar-refractivity contribution in [2.45, 2.75) is 58.2 Å². The number of carbonyl (C=O) groups excluding carboxylic acids is 2. The second-order valence-corrected chi connectivity index (χ2v) is 7.98. The first kappa shape index (κ1) is 18.5. The molecule has 6 nitrogen and oxygen atoms in total. The van der Waals surface area contributed by atoms with Crippen LogP contribution in [0.15, 0.2) is 18.2 Å². The molecule has 26 heavy (non-hydrogen) atoms. The number of methoxy groups -OCH3 is 1. The van der Waals surface area contributed by atoms with Gasteiger partial charge in [-0.1, -0.05) is 6.07 Å². The number of benzene rings is 1. The van der Waals surface area contributed by atoms with E-state index in [1.165, 1.54) is 5.56 Å². The van der Waals surface area contributed by atoms with E-state index < -0.39 is 17.7 Å². The first-order valence-corrected chi connectivity index (χ1v) is 9.23. The molecule has 3 rings (SSSR count). The molecule has 1 unspecified atom stereocenters. The van der Waals surface area contributed by atoms with E-state index in [0.717, 1.165) is 24.2 Å². The molecule has 0 spiro atoms. The molecule has 2 amide bonds. The summed E-state index contributed by atoms with van der Waals surface area (Å²) in [4.78, 5) is 29.0. The van der Waals surface area contributed by atoms with Gasteiger partial charge in [-0.25, -0.2) is 4.79 Å². The lowest BCUT2D eigenvalue weighted by Crippen LogP contribution is -2.50. The lowest BCUT2D eigenvalue weighted by molar-refractivity contribution is -0.136. The van der Waals surface area contributed by atoms with Crippen LogP contribution >= 0.6 is 0 Å². The van der Waals surface area contributed by atoms with Gasteiger partial charge in [0.2, 0.25) is 5.91 Å². The van der Waals surface area contributed by atoms with Gasteiger partial charge in [0.15, 0.2) is 0 Å². The minimum atomic E-state index is -0.562. The molecule has 0 saturated carbocycles. The molecule has 0 aliphatic carbocycles. The Morgan fingerprint density at radius 1 is 1.15 bits per heavy atom. The largest absolute Gasteiger partial charge is 0.497 e. The Hall–Kier alpha value is -2.24. The van der Waals surface area contributed by atoms with E-state index in [9.17, 15) is 9.59 Å². The van der Waals surface area contributed by atoms with Crippen molar-refractivity contribution in [3.8, 4) is 5.75 Å². The molecule has 1 fully saturated rings. The van der Waals surface area contributed by atoms with Crippen LogP contribution in [0.4, 0.5) is 4.79 Å². The standard InChI is InChI=1S/C20H28N2O4/c1-20(2,3)26-19(24)22-10-5-6-17(22)18(23)21-11-9-14-7-8-16(25-4)12-15(14)13-21/h7-8,12,17H,5-6,9-11,13H2,1-4H3. The zero-order chi connectivity index (χ0) is 18.9. The minimum absolute atomic E-state index is 0.0156. The summed E-state index contributed by atoms with van der Waals surface area (Å²) in [6, 6.07) is 5.60. The molecule has 1 aromatic rings. The van der Waals surface area contributed by atoms with Crippen LogP contribution in [-0.2, 0) is 22.5 Å². The van der Waals surface area contributed by atoms with E-state index in [1.807, 2.05) is 37.8 Å². The fourth-order valence-corrected chi connectivity index (χ4v) is 3.62. The average Bonchev–Trinajstić information content (AvgIpc) is 3.08. The van der Waals surface area contributed by atoms with Crippen molar-refractivity contribution in [3.63, 3.8) is 0 Å². The Morgan fingerprint density at radius 3 is 2.62 bits per heavy atom. The van der Waals surface area contributed by atoms with Crippen LogP contribution in [0, 0.1) is 0 Å². The lowest BCUT2D eigenvalue weighted by Gasteiger charge is -2.34. The number of nitrogens with zero attached hydrogens (tertiary/aromatic N) is 2. The van der Waals surface area contributed by atoms with Gasteiger partial charge in [0.05, 0.1) is 7.11 Å². The Kier molecular flexibility index (Phi) is 5.12. The SMILES string of the molecule is COc1ccc2c(c1)CN(C(=O)C1CCCN1C(=O)OC(C)(C)C)CC2. The molecule has 2 heterocycles. The molecule has 6 heteroatoms. The third kappa shape index (κ3) is 3.94. The summed E-state index contributed by atoms with van der Waals surface area (Å²) in [5.74, 6) is 0.816. The van der Waals surface area contributed by atoms with E-state index in [4.69, 9.17) is 9.47 Å². The summed E-state index contributed by atoms with van der Waals surface area (Å²) in [5, 5.41) is 0. The summed E-state index contributed by atoms with van der Waals surface area (Å²) in [6.07, 6.45) is 1.95. The van der Waals surface area contributed by atoms with Gasteiger partial charge in [-0.15, -0.1) is 0 Å². The van der Waals surface area contributed by atoms with Gasteiger partial charge < -0.3 is 14.4 Å². The van der Waals surface area contributed by atoms with Crippen molar-refractivity contribution in [1.82, 2.24) is 9.80 Å². The van der Waals surface area contributed by atoms with E-state index >= 15 is 0 Å². The zero-order valence-electron chi connectivity index (χ0n) is 16.1. The summed E-state index contributed by atoms with van der Waals surface area (Å²) < 4.78 is 10.8. The van der Waals surface area contributed by atoms with Crippen LogP contribution in [0.3, 0.4) is 0 Å². The topological polar surface area (TPSA) is 59.1 Å². The number of carbonyl (C=O) groups is 2. The molecular weight excluding hydrogens is 332 g/mol. The van der Waals surface area contributed by atoms with Gasteiger partial charge >= 0.3 is 6.09 Å². The summed E-state index contributed by atoms with van der Waals surface area (Å²) in [7, 11) is 1.64. The molecule has 0 radical (unpaired) electrons. The molecule has 0 bridgehead atoms. The fourth-order valence-electron chi connectivity index (χ4n) is 3.62. The predicted molar refractivity (Wildman–Crippen MR) is 98.1 cm³/mol. The first-order valence-electron chi connectivity index (χ1n) is 9.23. The van der Waals surface area contributed by atoms with E-state index in [2.05, 4.69) is 6.07 Å². The zero-order valence-corrected chi connectivity index (χ0v) is 16.1. The monoisotopic (exact) mass is 360 g/mol. The van der Waals surface area contributed by atoms with Gasteiger partial charge in [0.1, 0.15) is 17.4 Å². The molecule has 0 N–H and O–H groups in total. The van der Waals surface area contributed by atoms with Crippen LogP contribution in [0.5, 0.6) is 5.75 Å². The third-order valence-corrected chi connectivity index (χ3v) is 4.90. The van der Waals surface area contributed by atoms with E-state index in [1.54, 1.807) is 12.0 Å². The maximum atomic E-state index is 13.1. The molecule has 142 valence electrons. The number of ether oxygens (including phenoxy) is 2.